The molecule has 1 aromatic carbocycles. The third-order valence-corrected chi connectivity index (χ3v) is 4.55. The minimum absolute atomic E-state index is 0.264. The number of ether oxygens (including phenoxy) is 1. The summed E-state index contributed by atoms with van der Waals surface area (Å²) in [5, 5.41) is 1.87. The van der Waals surface area contributed by atoms with Crippen LogP contribution in [0.1, 0.15) is 20.8 Å². The van der Waals surface area contributed by atoms with Gasteiger partial charge < -0.3 is 9.64 Å². The molecule has 1 N–H and O–H groups in total. The van der Waals surface area contributed by atoms with Crippen molar-refractivity contribution in [1.29, 1.82) is 0 Å². The Morgan fingerprint density at radius 2 is 1.96 bits per heavy atom. The van der Waals surface area contributed by atoms with Gasteiger partial charge in [-0.2, -0.15) is 0 Å². The van der Waals surface area contributed by atoms with Gasteiger partial charge in [-0.05, 0) is 11.6 Å². The number of likely N-dealkylation sites (N-methyl/N-ethyl adjacent to an activating group) is 1. The number of rotatable bonds is 8. The molecule has 1 aromatic heterocycles. The Kier molecular flexibility index (Phi) is 6.77. The second-order valence-corrected chi connectivity index (χ2v) is 6.94. The molecule has 0 amide bonds. The minimum Gasteiger partial charge on any atom is -0.465 e. The van der Waals surface area contributed by atoms with Crippen LogP contribution >= 0.6 is 11.3 Å². The lowest BCUT2D eigenvalue weighted by Crippen LogP contribution is -3.06. The predicted octanol–water partition coefficient (Wildman–Crippen LogP) is 1.68. The van der Waals surface area contributed by atoms with Crippen molar-refractivity contribution in [3.8, 4) is 0 Å². The molecule has 0 aliphatic carbocycles. The Balaban J connectivity index is 2.04. The fourth-order valence-electron chi connectivity index (χ4n) is 2.35. The summed E-state index contributed by atoms with van der Waals surface area (Å²) in [7, 11) is 5.75. The summed E-state index contributed by atoms with van der Waals surface area (Å²) in [6, 6.07) is 12.4. The lowest BCUT2D eigenvalue weighted by Gasteiger charge is -2.22. The normalized spacial score (nSPS) is 11.2. The van der Waals surface area contributed by atoms with Crippen molar-refractivity contribution in [2.45, 2.75) is 13.1 Å². The minimum atomic E-state index is -0.264. The van der Waals surface area contributed by atoms with Gasteiger partial charge in [0.1, 0.15) is 0 Å². The lowest BCUT2D eigenvalue weighted by molar-refractivity contribution is -0.857. The number of hydrogen-bond acceptors (Lipinski definition) is 4. The zero-order chi connectivity index (χ0) is 16.7. The molecular weight excluding hydrogens is 308 g/mol. The number of thiophene rings is 1. The molecule has 23 heavy (non-hydrogen) atoms. The Hall–Kier alpha value is -1.69. The first-order valence-electron chi connectivity index (χ1n) is 7.79. The molecule has 0 aliphatic heterocycles. The molecule has 2 aromatic rings. The van der Waals surface area contributed by atoms with Gasteiger partial charge >= 0.3 is 5.97 Å². The molecular formula is C18H25N2O2S+. The van der Waals surface area contributed by atoms with E-state index in [0.717, 1.165) is 26.2 Å². The number of esters is 1. The molecule has 0 saturated heterocycles. The maximum Gasteiger partial charge on any atom is 0.338 e. The molecule has 5 heteroatoms. The maximum absolute atomic E-state index is 11.6. The van der Waals surface area contributed by atoms with Gasteiger partial charge in [-0.15, -0.1) is 11.3 Å². The van der Waals surface area contributed by atoms with E-state index >= 15 is 0 Å². The number of carbonyl (C=O) groups excluding carboxylic acids is 1. The van der Waals surface area contributed by atoms with Crippen LogP contribution in [-0.2, 0) is 17.8 Å². The van der Waals surface area contributed by atoms with E-state index in [0.29, 0.717) is 5.56 Å². The maximum atomic E-state index is 11.6. The van der Waals surface area contributed by atoms with E-state index in [4.69, 9.17) is 4.74 Å². The number of hydrogen-bond donors (Lipinski definition) is 1. The first kappa shape index (κ1) is 17.7. The van der Waals surface area contributed by atoms with Crippen molar-refractivity contribution < 1.29 is 14.4 Å². The molecule has 0 aliphatic rings. The molecule has 0 unspecified atom stereocenters. The van der Waals surface area contributed by atoms with E-state index in [1.54, 1.807) is 11.3 Å². The second-order valence-electron chi connectivity index (χ2n) is 5.95. The molecule has 0 radical (unpaired) electrons. The van der Waals surface area contributed by atoms with Gasteiger partial charge in [-0.1, -0.05) is 30.3 Å². The van der Waals surface area contributed by atoms with Crippen molar-refractivity contribution in [2.75, 3.05) is 34.3 Å². The fourth-order valence-corrected chi connectivity index (χ4v) is 3.24. The number of carbonyl (C=O) groups is 1. The van der Waals surface area contributed by atoms with E-state index in [-0.39, 0.29) is 5.97 Å². The Labute approximate surface area is 142 Å². The van der Waals surface area contributed by atoms with Crippen molar-refractivity contribution in [3.63, 3.8) is 0 Å². The lowest BCUT2D eigenvalue weighted by atomic mass is 10.2. The van der Waals surface area contributed by atoms with Crippen LogP contribution < -0.4 is 4.90 Å². The predicted molar refractivity (Wildman–Crippen MR) is 93.9 cm³/mol. The zero-order valence-electron chi connectivity index (χ0n) is 14.0. The van der Waals surface area contributed by atoms with Crippen molar-refractivity contribution >= 4 is 17.3 Å². The third kappa shape index (κ3) is 5.78. The first-order chi connectivity index (χ1) is 11.1. The number of methoxy groups -OCH3 is 1. The number of nitrogens with zero attached hydrogens (tertiary/aromatic N) is 1. The quantitative estimate of drug-likeness (QED) is 0.747. The average molecular weight is 333 g/mol. The SMILES string of the molecule is COC(=O)c1csc(CN(CC[NH+](C)C)Cc2ccccc2)c1. The van der Waals surface area contributed by atoms with E-state index in [9.17, 15) is 4.79 Å². The molecule has 0 spiro atoms. The summed E-state index contributed by atoms with van der Waals surface area (Å²) in [6.45, 7) is 3.87. The summed E-state index contributed by atoms with van der Waals surface area (Å²) < 4.78 is 4.78. The van der Waals surface area contributed by atoms with Crippen LogP contribution in [0.15, 0.2) is 41.8 Å². The molecule has 4 nitrogen and oxygen atoms in total. The number of benzene rings is 1. The summed E-state index contributed by atoms with van der Waals surface area (Å²) >= 11 is 1.62. The summed E-state index contributed by atoms with van der Waals surface area (Å²) in [5.74, 6) is -0.264. The Morgan fingerprint density at radius 3 is 2.61 bits per heavy atom. The first-order valence-corrected chi connectivity index (χ1v) is 8.67. The van der Waals surface area contributed by atoms with Gasteiger partial charge in [0.05, 0.1) is 33.3 Å². The van der Waals surface area contributed by atoms with Crippen LogP contribution in [0.2, 0.25) is 0 Å². The van der Waals surface area contributed by atoms with Crippen LogP contribution in [-0.4, -0.2) is 45.2 Å². The van der Waals surface area contributed by atoms with Crippen molar-refractivity contribution in [3.05, 3.63) is 57.8 Å². The summed E-state index contributed by atoms with van der Waals surface area (Å²) in [6.07, 6.45) is 0. The highest BCUT2D eigenvalue weighted by Crippen LogP contribution is 2.18. The Bertz CT molecular complexity index is 610. The van der Waals surface area contributed by atoms with Crippen LogP contribution in [0.4, 0.5) is 0 Å². The van der Waals surface area contributed by atoms with E-state index < -0.39 is 0 Å². The molecule has 124 valence electrons. The molecule has 1 heterocycles. The smallest absolute Gasteiger partial charge is 0.338 e. The van der Waals surface area contributed by atoms with Crippen LogP contribution in [0, 0.1) is 0 Å². The van der Waals surface area contributed by atoms with Crippen molar-refractivity contribution in [1.82, 2.24) is 4.90 Å². The number of nitrogens with one attached hydrogen (secondary N) is 1. The van der Waals surface area contributed by atoms with Crippen LogP contribution in [0.25, 0.3) is 0 Å². The van der Waals surface area contributed by atoms with E-state index in [2.05, 4.69) is 43.3 Å². The highest BCUT2D eigenvalue weighted by Gasteiger charge is 2.13. The highest BCUT2D eigenvalue weighted by molar-refractivity contribution is 7.10. The van der Waals surface area contributed by atoms with Gasteiger partial charge in [-0.3, -0.25) is 4.90 Å². The molecule has 0 bridgehead atoms. The standard InChI is InChI=1S/C18H24N2O2S/c1-19(2)9-10-20(12-15-7-5-4-6-8-15)13-17-11-16(14-23-17)18(21)22-3/h4-8,11,14H,9-10,12-13H2,1-3H3/p+1. The molecule has 0 atom stereocenters. The van der Waals surface area contributed by atoms with Crippen molar-refractivity contribution in [2.24, 2.45) is 0 Å². The van der Waals surface area contributed by atoms with Gasteiger partial charge in [-0.25, -0.2) is 4.79 Å². The molecule has 0 saturated carbocycles. The summed E-state index contributed by atoms with van der Waals surface area (Å²) in [4.78, 5) is 16.6. The van der Waals surface area contributed by atoms with Crippen LogP contribution in [0.3, 0.4) is 0 Å². The molecule has 2 rings (SSSR count). The monoisotopic (exact) mass is 333 g/mol. The average Bonchev–Trinajstić information content (AvgIpc) is 3.01. The second kappa shape index (κ2) is 8.82. The van der Waals surface area contributed by atoms with Gasteiger partial charge in [0.2, 0.25) is 0 Å². The Morgan fingerprint density at radius 1 is 1.22 bits per heavy atom. The topological polar surface area (TPSA) is 34.0 Å². The van der Waals surface area contributed by atoms with E-state index in [1.165, 1.54) is 22.5 Å². The van der Waals surface area contributed by atoms with Gasteiger partial charge in [0, 0.05) is 29.9 Å². The molecule has 0 fully saturated rings. The highest BCUT2D eigenvalue weighted by atomic mass is 32.1. The van der Waals surface area contributed by atoms with Crippen LogP contribution in [0.5, 0.6) is 0 Å². The van der Waals surface area contributed by atoms with Gasteiger partial charge in [0.15, 0.2) is 0 Å². The zero-order valence-corrected chi connectivity index (χ0v) is 14.9. The third-order valence-electron chi connectivity index (χ3n) is 3.63. The van der Waals surface area contributed by atoms with Gasteiger partial charge in [0.25, 0.3) is 0 Å². The fraction of sp³-hybridized carbons (Fsp3) is 0.389. The summed E-state index contributed by atoms with van der Waals surface area (Å²) in [5.41, 5.74) is 1.95. The van der Waals surface area contributed by atoms with E-state index in [1.807, 2.05) is 17.5 Å². The largest absolute Gasteiger partial charge is 0.465 e. The number of quaternary nitrogens is 1.